The molecular weight excluding hydrogens is 249 g/mol. The lowest BCUT2D eigenvalue weighted by atomic mass is 9.98. The number of halogens is 1. The van der Waals surface area contributed by atoms with Gasteiger partial charge in [-0.2, -0.15) is 0 Å². The fourth-order valence-electron chi connectivity index (χ4n) is 2.42. The SMILES string of the molecule is O=C(C1CN(c2ccc(F)cn2)C1)N1CCOCC1. The van der Waals surface area contributed by atoms with E-state index in [2.05, 4.69) is 4.98 Å². The Bertz CT molecular complexity index is 453. The topological polar surface area (TPSA) is 45.7 Å². The van der Waals surface area contributed by atoms with Gasteiger partial charge in [-0.25, -0.2) is 9.37 Å². The number of aromatic nitrogens is 1. The zero-order chi connectivity index (χ0) is 13.2. The van der Waals surface area contributed by atoms with Gasteiger partial charge in [-0.3, -0.25) is 4.79 Å². The lowest BCUT2D eigenvalue weighted by Gasteiger charge is -2.42. The standard InChI is InChI=1S/C13H16FN3O2/c14-11-1-2-12(15-7-11)17-8-10(9-17)13(18)16-3-5-19-6-4-16/h1-2,7,10H,3-6,8-9H2. The second kappa shape index (κ2) is 5.13. The Morgan fingerprint density at radius 2 is 2.05 bits per heavy atom. The smallest absolute Gasteiger partial charge is 0.229 e. The van der Waals surface area contributed by atoms with Gasteiger partial charge < -0.3 is 14.5 Å². The highest BCUT2D eigenvalue weighted by molar-refractivity contribution is 5.82. The number of hydrogen-bond acceptors (Lipinski definition) is 4. The summed E-state index contributed by atoms with van der Waals surface area (Å²) in [4.78, 5) is 20.0. The highest BCUT2D eigenvalue weighted by Gasteiger charge is 2.36. The molecule has 0 aromatic carbocycles. The van der Waals surface area contributed by atoms with Crippen LogP contribution in [0.5, 0.6) is 0 Å². The molecule has 0 aliphatic carbocycles. The maximum Gasteiger partial charge on any atom is 0.229 e. The Balaban J connectivity index is 1.54. The van der Waals surface area contributed by atoms with E-state index < -0.39 is 0 Å². The minimum Gasteiger partial charge on any atom is -0.378 e. The Kier molecular flexibility index (Phi) is 3.33. The number of anilines is 1. The van der Waals surface area contributed by atoms with Crippen molar-refractivity contribution in [3.05, 3.63) is 24.1 Å². The van der Waals surface area contributed by atoms with E-state index in [1.807, 2.05) is 9.80 Å². The van der Waals surface area contributed by atoms with E-state index >= 15 is 0 Å². The minimum absolute atomic E-state index is 0.0324. The van der Waals surface area contributed by atoms with E-state index in [0.29, 0.717) is 39.4 Å². The largest absolute Gasteiger partial charge is 0.378 e. The van der Waals surface area contributed by atoms with Crippen molar-refractivity contribution < 1.29 is 13.9 Å². The van der Waals surface area contributed by atoms with Gasteiger partial charge >= 0.3 is 0 Å². The fourth-order valence-corrected chi connectivity index (χ4v) is 2.42. The first-order valence-corrected chi connectivity index (χ1v) is 6.47. The summed E-state index contributed by atoms with van der Waals surface area (Å²) in [6.07, 6.45) is 1.20. The number of nitrogens with zero attached hydrogens (tertiary/aromatic N) is 3. The summed E-state index contributed by atoms with van der Waals surface area (Å²) in [5.74, 6) is 0.615. The molecule has 2 fully saturated rings. The lowest BCUT2D eigenvalue weighted by Crippen LogP contribution is -2.56. The number of amides is 1. The van der Waals surface area contributed by atoms with Crippen molar-refractivity contribution in [1.82, 2.24) is 9.88 Å². The monoisotopic (exact) mass is 265 g/mol. The zero-order valence-electron chi connectivity index (χ0n) is 10.6. The first-order chi connectivity index (χ1) is 9.24. The number of pyridine rings is 1. The molecule has 1 aromatic rings. The maximum atomic E-state index is 12.8. The van der Waals surface area contributed by atoms with Gasteiger partial charge in [-0.05, 0) is 12.1 Å². The summed E-state index contributed by atoms with van der Waals surface area (Å²) in [6, 6.07) is 3.03. The molecule has 19 heavy (non-hydrogen) atoms. The number of carbonyl (C=O) groups excluding carboxylic acids is 1. The van der Waals surface area contributed by atoms with E-state index in [4.69, 9.17) is 4.74 Å². The molecule has 0 atom stereocenters. The van der Waals surface area contributed by atoms with Crippen molar-refractivity contribution in [3.63, 3.8) is 0 Å². The molecule has 2 saturated heterocycles. The highest BCUT2D eigenvalue weighted by atomic mass is 19.1. The van der Waals surface area contributed by atoms with Gasteiger partial charge in [-0.15, -0.1) is 0 Å². The van der Waals surface area contributed by atoms with Crippen LogP contribution in [0.2, 0.25) is 0 Å². The van der Waals surface area contributed by atoms with Crippen molar-refractivity contribution in [3.8, 4) is 0 Å². The maximum absolute atomic E-state index is 12.8. The Morgan fingerprint density at radius 1 is 1.32 bits per heavy atom. The third-order valence-electron chi connectivity index (χ3n) is 3.59. The number of hydrogen-bond donors (Lipinski definition) is 0. The Morgan fingerprint density at radius 3 is 2.68 bits per heavy atom. The first-order valence-electron chi connectivity index (χ1n) is 6.47. The molecule has 3 rings (SSSR count). The van der Waals surface area contributed by atoms with Gasteiger partial charge in [-0.1, -0.05) is 0 Å². The molecule has 0 saturated carbocycles. The summed E-state index contributed by atoms with van der Waals surface area (Å²) >= 11 is 0. The normalized spacial score (nSPS) is 20.3. The van der Waals surface area contributed by atoms with Crippen LogP contribution in [0.15, 0.2) is 18.3 Å². The van der Waals surface area contributed by atoms with Crippen LogP contribution in [0.4, 0.5) is 10.2 Å². The first kappa shape index (κ1) is 12.3. The average Bonchev–Trinajstić information content (AvgIpc) is 2.40. The van der Waals surface area contributed by atoms with Crippen LogP contribution < -0.4 is 4.90 Å². The minimum atomic E-state index is -0.342. The lowest BCUT2D eigenvalue weighted by molar-refractivity contribution is -0.140. The van der Waals surface area contributed by atoms with Gasteiger partial charge in [0.2, 0.25) is 5.91 Å². The van der Waals surface area contributed by atoms with Gasteiger partial charge in [0.05, 0.1) is 25.3 Å². The predicted octanol–water partition coefficient (Wildman–Crippen LogP) is 0.516. The van der Waals surface area contributed by atoms with Gasteiger partial charge in [0, 0.05) is 26.2 Å². The van der Waals surface area contributed by atoms with Crippen LogP contribution in [0.1, 0.15) is 0 Å². The molecule has 0 N–H and O–H groups in total. The summed E-state index contributed by atoms with van der Waals surface area (Å²) in [6.45, 7) is 3.95. The van der Waals surface area contributed by atoms with E-state index in [0.717, 1.165) is 5.82 Å². The third-order valence-corrected chi connectivity index (χ3v) is 3.59. The van der Waals surface area contributed by atoms with E-state index in [9.17, 15) is 9.18 Å². The molecule has 2 aliphatic heterocycles. The Hall–Kier alpha value is -1.69. The molecule has 1 aromatic heterocycles. The highest BCUT2D eigenvalue weighted by Crippen LogP contribution is 2.24. The summed E-state index contributed by atoms with van der Waals surface area (Å²) in [5, 5.41) is 0. The van der Waals surface area contributed by atoms with Crippen LogP contribution in [0.25, 0.3) is 0 Å². The van der Waals surface area contributed by atoms with Gasteiger partial charge in [0.25, 0.3) is 0 Å². The van der Waals surface area contributed by atoms with E-state index in [1.54, 1.807) is 6.07 Å². The quantitative estimate of drug-likeness (QED) is 0.782. The van der Waals surface area contributed by atoms with Gasteiger partial charge in [0.15, 0.2) is 0 Å². The molecule has 6 heteroatoms. The summed E-state index contributed by atoms with van der Waals surface area (Å²) in [5.41, 5.74) is 0. The van der Waals surface area contributed by atoms with Crippen molar-refractivity contribution >= 4 is 11.7 Å². The molecule has 0 spiro atoms. The zero-order valence-corrected chi connectivity index (χ0v) is 10.6. The fraction of sp³-hybridized carbons (Fsp3) is 0.538. The molecule has 2 aliphatic rings. The number of carbonyl (C=O) groups is 1. The number of morpholine rings is 1. The van der Waals surface area contributed by atoms with Crippen molar-refractivity contribution in [2.75, 3.05) is 44.3 Å². The van der Waals surface area contributed by atoms with Crippen LogP contribution >= 0.6 is 0 Å². The average molecular weight is 265 g/mol. The number of ether oxygens (including phenoxy) is 1. The van der Waals surface area contributed by atoms with Crippen LogP contribution in [0, 0.1) is 11.7 Å². The molecule has 102 valence electrons. The van der Waals surface area contributed by atoms with E-state index in [1.165, 1.54) is 12.3 Å². The van der Waals surface area contributed by atoms with Crippen LogP contribution in [-0.4, -0.2) is 55.2 Å². The molecular formula is C13H16FN3O2. The second-order valence-electron chi connectivity index (χ2n) is 4.87. The number of rotatable bonds is 2. The molecule has 0 bridgehead atoms. The molecule has 3 heterocycles. The molecule has 0 unspecified atom stereocenters. The molecule has 1 amide bonds. The predicted molar refractivity (Wildman–Crippen MR) is 67.3 cm³/mol. The van der Waals surface area contributed by atoms with E-state index in [-0.39, 0.29) is 17.6 Å². The third kappa shape index (κ3) is 2.53. The summed E-state index contributed by atoms with van der Waals surface area (Å²) in [7, 11) is 0. The summed E-state index contributed by atoms with van der Waals surface area (Å²) < 4.78 is 18.0. The van der Waals surface area contributed by atoms with Crippen molar-refractivity contribution in [1.29, 1.82) is 0 Å². The van der Waals surface area contributed by atoms with Crippen LogP contribution in [0.3, 0.4) is 0 Å². The molecule has 5 nitrogen and oxygen atoms in total. The van der Waals surface area contributed by atoms with Crippen LogP contribution in [-0.2, 0) is 9.53 Å². The van der Waals surface area contributed by atoms with Crippen molar-refractivity contribution in [2.24, 2.45) is 5.92 Å². The van der Waals surface area contributed by atoms with Gasteiger partial charge in [0.1, 0.15) is 11.6 Å². The molecule has 0 radical (unpaired) electrons. The van der Waals surface area contributed by atoms with Crippen molar-refractivity contribution in [2.45, 2.75) is 0 Å². The Labute approximate surface area is 111 Å². The second-order valence-corrected chi connectivity index (χ2v) is 4.87.